The van der Waals surface area contributed by atoms with Crippen molar-refractivity contribution in [1.29, 1.82) is 0 Å². The first-order valence-corrected chi connectivity index (χ1v) is 11.5. The van der Waals surface area contributed by atoms with Crippen LogP contribution >= 0.6 is 0 Å². The van der Waals surface area contributed by atoms with Crippen molar-refractivity contribution in [2.24, 2.45) is 11.8 Å². The van der Waals surface area contributed by atoms with Gasteiger partial charge in [0.25, 0.3) is 0 Å². The molecule has 0 aliphatic heterocycles. The molecule has 2 aliphatic carbocycles. The molecule has 1 fully saturated rings. The summed E-state index contributed by atoms with van der Waals surface area (Å²) < 4.78 is 5.54. The molecule has 0 spiro atoms. The molecule has 0 aromatic heterocycles. The summed E-state index contributed by atoms with van der Waals surface area (Å²) in [5, 5.41) is 14.7. The van der Waals surface area contributed by atoms with Gasteiger partial charge in [-0.05, 0) is 41.5 Å². The highest BCUT2D eigenvalue weighted by Crippen LogP contribution is 2.44. The number of alkyl carbamates (subject to hydrolysis) is 1. The van der Waals surface area contributed by atoms with E-state index in [1.165, 1.54) is 0 Å². The largest absolute Gasteiger partial charge is 0.480 e. The van der Waals surface area contributed by atoms with E-state index in [0.717, 1.165) is 35.1 Å². The van der Waals surface area contributed by atoms with Crippen molar-refractivity contribution in [2.45, 2.75) is 51.1 Å². The van der Waals surface area contributed by atoms with Crippen LogP contribution in [0.3, 0.4) is 0 Å². The summed E-state index contributed by atoms with van der Waals surface area (Å²) in [5.74, 6) is -1.70. The molecule has 0 saturated heterocycles. The molecule has 4 rings (SSSR count). The van der Waals surface area contributed by atoms with Crippen LogP contribution in [-0.2, 0) is 14.3 Å². The van der Waals surface area contributed by atoms with Gasteiger partial charge in [-0.3, -0.25) is 4.79 Å². The SMILES string of the molecule is CC(NC(=O)OCC1c2ccccc2-c2ccccc21)C(C)C(=O)NC(CC1CC1)C(=O)O. The van der Waals surface area contributed by atoms with Gasteiger partial charge in [0.2, 0.25) is 5.91 Å². The summed E-state index contributed by atoms with van der Waals surface area (Å²) in [7, 11) is 0. The normalized spacial score (nSPS) is 17.3. The second-order valence-corrected chi connectivity index (χ2v) is 9.13. The Labute approximate surface area is 193 Å². The molecular formula is C26H30N2O5. The summed E-state index contributed by atoms with van der Waals surface area (Å²) in [6.45, 7) is 3.57. The number of carbonyl (C=O) groups is 3. The second-order valence-electron chi connectivity index (χ2n) is 9.13. The third-order valence-electron chi connectivity index (χ3n) is 6.73. The zero-order chi connectivity index (χ0) is 23.5. The Morgan fingerprint density at radius 3 is 2.09 bits per heavy atom. The summed E-state index contributed by atoms with van der Waals surface area (Å²) >= 11 is 0. The molecule has 0 heterocycles. The topological polar surface area (TPSA) is 105 Å². The number of carboxylic acid groups (broad SMARTS) is 1. The van der Waals surface area contributed by atoms with Crippen molar-refractivity contribution in [2.75, 3.05) is 6.61 Å². The number of rotatable bonds is 9. The highest BCUT2D eigenvalue weighted by molar-refractivity contribution is 5.85. The van der Waals surface area contributed by atoms with Crippen LogP contribution in [-0.4, -0.2) is 41.8 Å². The zero-order valence-electron chi connectivity index (χ0n) is 18.9. The Morgan fingerprint density at radius 1 is 0.970 bits per heavy atom. The smallest absolute Gasteiger partial charge is 0.407 e. The fourth-order valence-corrected chi connectivity index (χ4v) is 4.39. The molecule has 2 aliphatic rings. The van der Waals surface area contributed by atoms with Crippen LogP contribution in [0.4, 0.5) is 4.79 Å². The number of fused-ring (bicyclic) bond motifs is 3. The Kier molecular flexibility index (Phi) is 6.67. The lowest BCUT2D eigenvalue weighted by Crippen LogP contribution is -2.49. The number of nitrogens with one attached hydrogen (secondary N) is 2. The number of benzene rings is 2. The van der Waals surface area contributed by atoms with Crippen molar-refractivity contribution < 1.29 is 24.2 Å². The predicted octanol–water partition coefficient (Wildman–Crippen LogP) is 3.92. The highest BCUT2D eigenvalue weighted by Gasteiger charge is 2.33. The molecule has 3 atom stereocenters. The van der Waals surface area contributed by atoms with Gasteiger partial charge in [-0.1, -0.05) is 68.3 Å². The fraction of sp³-hybridized carbons (Fsp3) is 0.423. The van der Waals surface area contributed by atoms with Gasteiger partial charge >= 0.3 is 12.1 Å². The summed E-state index contributed by atoms with van der Waals surface area (Å²) in [5.41, 5.74) is 4.56. The minimum Gasteiger partial charge on any atom is -0.480 e. The van der Waals surface area contributed by atoms with Gasteiger partial charge < -0.3 is 20.5 Å². The van der Waals surface area contributed by atoms with Crippen molar-refractivity contribution in [3.8, 4) is 11.1 Å². The van der Waals surface area contributed by atoms with Crippen LogP contribution < -0.4 is 10.6 Å². The molecule has 2 amide bonds. The molecule has 7 heteroatoms. The lowest BCUT2D eigenvalue weighted by Gasteiger charge is -2.23. The quantitative estimate of drug-likeness (QED) is 0.537. The van der Waals surface area contributed by atoms with Crippen molar-refractivity contribution in [1.82, 2.24) is 10.6 Å². The molecule has 1 saturated carbocycles. The molecule has 2 aromatic carbocycles. The first-order chi connectivity index (χ1) is 15.8. The van der Waals surface area contributed by atoms with E-state index < -0.39 is 36.0 Å². The monoisotopic (exact) mass is 450 g/mol. The van der Waals surface area contributed by atoms with Crippen molar-refractivity contribution in [3.05, 3.63) is 59.7 Å². The van der Waals surface area contributed by atoms with Gasteiger partial charge in [-0.15, -0.1) is 0 Å². The van der Waals surface area contributed by atoms with Gasteiger partial charge in [-0.25, -0.2) is 9.59 Å². The summed E-state index contributed by atoms with van der Waals surface area (Å²) in [6.07, 6.45) is 1.86. The number of ether oxygens (including phenoxy) is 1. The number of carbonyl (C=O) groups excluding carboxylic acids is 2. The van der Waals surface area contributed by atoms with Crippen LogP contribution in [0, 0.1) is 11.8 Å². The number of hydrogen-bond donors (Lipinski definition) is 3. The van der Waals surface area contributed by atoms with Crippen LogP contribution in [0.15, 0.2) is 48.5 Å². The Bertz CT molecular complexity index is 1000. The van der Waals surface area contributed by atoms with E-state index in [1.807, 2.05) is 24.3 Å². The molecule has 3 N–H and O–H groups in total. The maximum atomic E-state index is 12.6. The molecular weight excluding hydrogens is 420 g/mol. The Hall–Kier alpha value is -3.35. The zero-order valence-corrected chi connectivity index (χ0v) is 18.9. The summed E-state index contributed by atoms with van der Waals surface area (Å²) in [4.78, 5) is 36.5. The predicted molar refractivity (Wildman–Crippen MR) is 124 cm³/mol. The lowest BCUT2D eigenvalue weighted by atomic mass is 9.98. The number of amides is 2. The minimum atomic E-state index is -1.03. The number of hydrogen-bond acceptors (Lipinski definition) is 4. The number of carboxylic acids is 1. The highest BCUT2D eigenvalue weighted by atomic mass is 16.5. The molecule has 3 unspecified atom stereocenters. The van der Waals surface area contributed by atoms with Crippen LogP contribution in [0.25, 0.3) is 11.1 Å². The van der Waals surface area contributed by atoms with E-state index in [2.05, 4.69) is 34.9 Å². The molecule has 2 aromatic rings. The summed E-state index contributed by atoms with van der Waals surface area (Å²) in [6, 6.07) is 14.8. The maximum Gasteiger partial charge on any atom is 0.407 e. The van der Waals surface area contributed by atoms with Crippen molar-refractivity contribution >= 4 is 18.0 Å². The minimum absolute atomic E-state index is 0.0436. The van der Waals surface area contributed by atoms with E-state index >= 15 is 0 Å². The van der Waals surface area contributed by atoms with Gasteiger partial charge in [0.1, 0.15) is 12.6 Å². The standard InChI is InChI=1S/C26H30N2O5/c1-15(24(29)28-23(25(30)31)13-17-11-12-17)16(2)27-26(32)33-14-22-20-9-5-3-7-18(20)19-8-4-6-10-21(19)22/h3-10,15-17,22-23H,11-14H2,1-2H3,(H,27,32)(H,28,29)(H,30,31). The first kappa shape index (κ1) is 22.8. The molecule has 0 radical (unpaired) electrons. The third-order valence-corrected chi connectivity index (χ3v) is 6.73. The molecule has 0 bridgehead atoms. The molecule has 174 valence electrons. The van der Waals surface area contributed by atoms with Crippen LogP contribution in [0.5, 0.6) is 0 Å². The first-order valence-electron chi connectivity index (χ1n) is 11.5. The van der Waals surface area contributed by atoms with Gasteiger partial charge in [0, 0.05) is 12.0 Å². The average Bonchev–Trinajstić information content (AvgIpc) is 3.57. The molecule has 33 heavy (non-hydrogen) atoms. The van der Waals surface area contributed by atoms with E-state index in [-0.39, 0.29) is 12.5 Å². The lowest BCUT2D eigenvalue weighted by molar-refractivity contribution is -0.142. The maximum absolute atomic E-state index is 12.6. The molecule has 7 nitrogen and oxygen atoms in total. The van der Waals surface area contributed by atoms with E-state index in [9.17, 15) is 19.5 Å². The number of aliphatic carboxylic acids is 1. The second kappa shape index (κ2) is 9.65. The third kappa shape index (κ3) is 5.18. The Balaban J connectivity index is 1.31. The van der Waals surface area contributed by atoms with Crippen LogP contribution in [0.1, 0.15) is 50.2 Å². The van der Waals surface area contributed by atoms with E-state index in [1.54, 1.807) is 13.8 Å². The van der Waals surface area contributed by atoms with Crippen LogP contribution in [0.2, 0.25) is 0 Å². The Morgan fingerprint density at radius 2 is 1.55 bits per heavy atom. The van der Waals surface area contributed by atoms with Gasteiger partial charge in [-0.2, -0.15) is 0 Å². The average molecular weight is 451 g/mol. The van der Waals surface area contributed by atoms with E-state index in [0.29, 0.717) is 12.3 Å². The fourth-order valence-electron chi connectivity index (χ4n) is 4.39. The van der Waals surface area contributed by atoms with Gasteiger partial charge in [0.15, 0.2) is 0 Å². The van der Waals surface area contributed by atoms with Gasteiger partial charge in [0.05, 0.1) is 5.92 Å². The van der Waals surface area contributed by atoms with E-state index in [4.69, 9.17) is 4.74 Å². The van der Waals surface area contributed by atoms with Crippen molar-refractivity contribution in [3.63, 3.8) is 0 Å².